The number of rotatable bonds is 26. The van der Waals surface area contributed by atoms with Gasteiger partial charge in [0.15, 0.2) is 0 Å². The SMILES string of the molecule is CCn1nc(C)cc1C(=O)Nc1nc2cc(C(N)=O)cc(OC)c2n1C/C=C/Cn1c(NC(=O)c2cc(C)nn2CC)nc2cc(C(N)=O)cc(OCCCOC(=O)OCCNC(=O)CCOCCN)c21. The number of fused-ring (bicyclic) bond motifs is 2. The molecule has 0 saturated carbocycles. The fourth-order valence-corrected chi connectivity index (χ4v) is 7.39. The Labute approximate surface area is 406 Å². The van der Waals surface area contributed by atoms with E-state index < -0.39 is 29.8 Å². The van der Waals surface area contributed by atoms with Gasteiger partial charge in [-0.1, -0.05) is 12.2 Å². The number of hydrogen-bond donors (Lipinski definition) is 6. The van der Waals surface area contributed by atoms with Gasteiger partial charge in [0.1, 0.15) is 40.5 Å². The molecule has 0 saturated heterocycles. The van der Waals surface area contributed by atoms with Gasteiger partial charge in [0.2, 0.25) is 29.6 Å². The van der Waals surface area contributed by atoms with E-state index in [4.69, 9.17) is 45.9 Å². The van der Waals surface area contributed by atoms with Crippen LogP contribution in [0.3, 0.4) is 0 Å². The van der Waals surface area contributed by atoms with Gasteiger partial charge in [-0.3, -0.25) is 44.0 Å². The predicted octanol–water partition coefficient (Wildman–Crippen LogP) is 2.81. The Morgan fingerprint density at radius 3 is 1.70 bits per heavy atom. The maximum atomic E-state index is 13.9. The molecule has 6 rings (SSSR count). The largest absolute Gasteiger partial charge is 0.508 e. The van der Waals surface area contributed by atoms with E-state index in [1.807, 2.05) is 13.8 Å². The number of nitrogens with one attached hydrogen (secondary N) is 3. The first kappa shape index (κ1) is 52.1. The number of carbonyl (C=O) groups is 6. The molecule has 0 spiro atoms. The third kappa shape index (κ3) is 13.1. The summed E-state index contributed by atoms with van der Waals surface area (Å²) in [6.07, 6.45) is 2.95. The summed E-state index contributed by atoms with van der Waals surface area (Å²) in [4.78, 5) is 85.9. The maximum Gasteiger partial charge on any atom is 0.508 e. The number of aryl methyl sites for hydroxylation is 4. The molecule has 6 aromatic rings. The molecule has 378 valence electrons. The molecule has 9 N–H and O–H groups in total. The van der Waals surface area contributed by atoms with Gasteiger partial charge in [-0.05, 0) is 64.1 Å². The van der Waals surface area contributed by atoms with E-state index in [1.54, 1.807) is 56.6 Å². The van der Waals surface area contributed by atoms with Crippen LogP contribution >= 0.6 is 0 Å². The number of allylic oxidation sites excluding steroid dienone is 2. The number of primary amides is 2. The van der Waals surface area contributed by atoms with Crippen molar-refractivity contribution in [3.63, 3.8) is 0 Å². The molecule has 0 unspecified atom stereocenters. The van der Waals surface area contributed by atoms with Crippen LogP contribution in [-0.2, 0) is 45.2 Å². The fourth-order valence-electron chi connectivity index (χ4n) is 7.39. The maximum absolute atomic E-state index is 13.9. The summed E-state index contributed by atoms with van der Waals surface area (Å²) in [6.45, 7) is 9.07. The Balaban J connectivity index is 1.26. The molecule has 0 radical (unpaired) electrons. The molecule has 0 aliphatic heterocycles. The average molecular weight is 983 g/mol. The summed E-state index contributed by atoms with van der Waals surface area (Å²) in [5.74, 6) is -2.02. The van der Waals surface area contributed by atoms with E-state index in [2.05, 4.69) is 31.1 Å². The van der Waals surface area contributed by atoms with Crippen molar-refractivity contribution in [1.82, 2.24) is 44.0 Å². The van der Waals surface area contributed by atoms with Crippen molar-refractivity contribution < 1.29 is 52.5 Å². The number of nitrogens with two attached hydrogens (primary N) is 3. The average Bonchev–Trinajstić information content (AvgIpc) is 4.11. The van der Waals surface area contributed by atoms with Gasteiger partial charge in [0.05, 0.1) is 62.5 Å². The van der Waals surface area contributed by atoms with Crippen LogP contribution in [0.1, 0.15) is 79.8 Å². The summed E-state index contributed by atoms with van der Waals surface area (Å²) in [6, 6.07) is 9.22. The highest BCUT2D eigenvalue weighted by Crippen LogP contribution is 2.33. The second-order valence-electron chi connectivity index (χ2n) is 15.7. The van der Waals surface area contributed by atoms with Crippen LogP contribution in [0, 0.1) is 13.8 Å². The molecule has 0 fully saturated rings. The van der Waals surface area contributed by atoms with Gasteiger partial charge in [-0.25, -0.2) is 14.8 Å². The minimum absolute atomic E-state index is 0.00926. The van der Waals surface area contributed by atoms with Gasteiger partial charge >= 0.3 is 6.16 Å². The number of carbonyl (C=O) groups excluding carboxylic acids is 6. The molecule has 0 aliphatic rings. The Bertz CT molecular complexity index is 2950. The number of aromatic nitrogens is 8. The van der Waals surface area contributed by atoms with Gasteiger partial charge in [-0.2, -0.15) is 10.2 Å². The number of anilines is 2. The summed E-state index contributed by atoms with van der Waals surface area (Å²) in [5.41, 5.74) is 20.3. The van der Waals surface area contributed by atoms with Crippen molar-refractivity contribution in [2.75, 3.05) is 63.9 Å². The summed E-state index contributed by atoms with van der Waals surface area (Å²) >= 11 is 0. The van der Waals surface area contributed by atoms with Crippen molar-refractivity contribution >= 4 is 69.7 Å². The molecule has 71 heavy (non-hydrogen) atoms. The fraction of sp³-hybridized carbons (Fsp3) is 0.391. The summed E-state index contributed by atoms with van der Waals surface area (Å²) < 4.78 is 33.8. The number of imidazole rings is 2. The van der Waals surface area contributed by atoms with Crippen molar-refractivity contribution in [2.45, 2.75) is 66.7 Å². The van der Waals surface area contributed by atoms with Crippen molar-refractivity contribution in [2.24, 2.45) is 17.2 Å². The van der Waals surface area contributed by atoms with E-state index >= 15 is 0 Å². The van der Waals surface area contributed by atoms with Crippen molar-refractivity contribution in [3.8, 4) is 11.5 Å². The van der Waals surface area contributed by atoms with E-state index in [0.29, 0.717) is 59.9 Å². The molecular formula is C46H58N14O11. The molecule has 5 amide bonds. The van der Waals surface area contributed by atoms with Gasteiger partial charge in [0, 0.05) is 56.7 Å². The molecule has 0 atom stereocenters. The normalized spacial score (nSPS) is 11.3. The molecule has 25 nitrogen and oxygen atoms in total. The van der Waals surface area contributed by atoms with Gasteiger partial charge in [-0.15, -0.1) is 0 Å². The van der Waals surface area contributed by atoms with Crippen LogP contribution in [-0.4, -0.2) is 128 Å². The molecule has 0 aliphatic carbocycles. The quantitative estimate of drug-likeness (QED) is 0.0259. The monoisotopic (exact) mass is 982 g/mol. The van der Waals surface area contributed by atoms with E-state index in [0.717, 1.165) is 0 Å². The number of ether oxygens (including phenoxy) is 5. The minimum atomic E-state index is -0.945. The topological polar surface area (TPSA) is 334 Å². The molecule has 0 bridgehead atoms. The van der Waals surface area contributed by atoms with Crippen molar-refractivity contribution in [1.29, 1.82) is 0 Å². The first-order valence-electron chi connectivity index (χ1n) is 22.7. The molecule has 4 heterocycles. The Kier molecular flexibility index (Phi) is 17.8. The Hall–Kier alpha value is -8.32. The predicted molar refractivity (Wildman–Crippen MR) is 258 cm³/mol. The van der Waals surface area contributed by atoms with Crippen LogP contribution in [0.15, 0.2) is 48.6 Å². The Morgan fingerprint density at radius 1 is 0.676 bits per heavy atom. The number of hydrogen-bond acceptors (Lipinski definition) is 16. The lowest BCUT2D eigenvalue weighted by Crippen LogP contribution is -2.29. The van der Waals surface area contributed by atoms with Gasteiger partial charge < -0.3 is 55.3 Å². The highest BCUT2D eigenvalue weighted by molar-refractivity contribution is 6.05. The summed E-state index contributed by atoms with van der Waals surface area (Å²) in [5, 5.41) is 17.2. The van der Waals surface area contributed by atoms with Gasteiger partial charge in [0.25, 0.3) is 11.8 Å². The zero-order valence-corrected chi connectivity index (χ0v) is 40.1. The molecule has 25 heteroatoms. The van der Waals surface area contributed by atoms with Crippen LogP contribution < -0.4 is 42.6 Å². The number of nitrogens with zero attached hydrogens (tertiary/aromatic N) is 8. The lowest BCUT2D eigenvalue weighted by atomic mass is 10.1. The Morgan fingerprint density at radius 2 is 1.20 bits per heavy atom. The smallest absolute Gasteiger partial charge is 0.494 e. The highest BCUT2D eigenvalue weighted by atomic mass is 16.7. The summed E-state index contributed by atoms with van der Waals surface area (Å²) in [7, 11) is 1.43. The van der Waals surface area contributed by atoms with E-state index in [1.165, 1.54) is 31.4 Å². The number of methoxy groups -OCH3 is 1. The van der Waals surface area contributed by atoms with Crippen LogP contribution in [0.25, 0.3) is 22.1 Å². The zero-order chi connectivity index (χ0) is 51.2. The number of amides is 5. The lowest BCUT2D eigenvalue weighted by molar-refractivity contribution is -0.122. The standard InChI is InChI=1S/C46H58N14O11/c1-6-59-33(21-27(3)55-59)42(64)53-44-51-31-23-29(40(48)62)25-35(67-5)38(31)57(44)14-8-9-15-58-39-32(52-45(58)54-43(65)34-22-28(4)56-60(34)7-2)24-30(41(49)63)26-36(39)69-16-10-17-70-46(66)71-20-13-50-37(61)11-18-68-19-12-47/h8-9,21-26H,6-7,10-20,47H2,1-5H3,(H2,48,62)(H2,49,63)(H,50,61)(H,51,53,64)(H,52,54,65)/b9-8+. The first-order chi connectivity index (χ1) is 34.1. The molecular weight excluding hydrogens is 925 g/mol. The third-order valence-electron chi connectivity index (χ3n) is 10.6. The second kappa shape index (κ2) is 24.3. The first-order valence-corrected chi connectivity index (χ1v) is 22.7. The zero-order valence-electron chi connectivity index (χ0n) is 40.1. The molecule has 2 aromatic carbocycles. The van der Waals surface area contributed by atoms with Crippen LogP contribution in [0.4, 0.5) is 16.7 Å². The third-order valence-corrected chi connectivity index (χ3v) is 10.6. The number of benzene rings is 2. The van der Waals surface area contributed by atoms with Crippen LogP contribution in [0.5, 0.6) is 11.5 Å². The lowest BCUT2D eigenvalue weighted by Gasteiger charge is -2.13. The second-order valence-corrected chi connectivity index (χ2v) is 15.7. The van der Waals surface area contributed by atoms with E-state index in [-0.39, 0.29) is 111 Å². The highest BCUT2D eigenvalue weighted by Gasteiger charge is 2.24. The molecule has 4 aromatic heterocycles. The van der Waals surface area contributed by atoms with Crippen molar-refractivity contribution in [3.05, 3.63) is 82.5 Å². The van der Waals surface area contributed by atoms with Crippen LogP contribution in [0.2, 0.25) is 0 Å². The minimum Gasteiger partial charge on any atom is -0.494 e. The van der Waals surface area contributed by atoms with E-state index in [9.17, 15) is 28.8 Å².